The molecule has 8 aromatic carbocycles. The van der Waals surface area contributed by atoms with Crippen LogP contribution in [0.2, 0.25) is 0 Å². The van der Waals surface area contributed by atoms with E-state index in [4.69, 9.17) is 19.7 Å². The molecule has 0 atom stereocenters. The van der Waals surface area contributed by atoms with E-state index in [1.807, 2.05) is 72.8 Å². The number of hydrogen-bond acceptors (Lipinski definition) is 5. The van der Waals surface area contributed by atoms with Gasteiger partial charge in [-0.15, -0.1) is 0 Å². The Labute approximate surface area is 337 Å². The lowest BCUT2D eigenvalue weighted by atomic mass is 9.63. The summed E-state index contributed by atoms with van der Waals surface area (Å²) in [7, 11) is 0. The summed E-state index contributed by atoms with van der Waals surface area (Å²) in [6.07, 6.45) is 0. The fourth-order valence-electron chi connectivity index (χ4n) is 8.15. The van der Waals surface area contributed by atoms with E-state index >= 15 is 0 Å². The third kappa shape index (κ3) is 6.01. The summed E-state index contributed by atoms with van der Waals surface area (Å²) in [5, 5.41) is 9.30. The van der Waals surface area contributed by atoms with Crippen LogP contribution in [0.4, 0.5) is 0 Å². The van der Waals surface area contributed by atoms with Gasteiger partial charge in [-0.3, -0.25) is 0 Å². The normalized spacial score (nSPS) is 12.4. The molecule has 5 nitrogen and oxygen atoms in total. The largest absolute Gasteiger partial charge is 0.456 e. The number of nitrogens with zero attached hydrogens (tertiary/aromatic N) is 4. The van der Waals surface area contributed by atoms with Crippen LogP contribution in [-0.2, 0) is 5.41 Å². The van der Waals surface area contributed by atoms with E-state index in [0.717, 1.165) is 66.9 Å². The van der Waals surface area contributed by atoms with Crippen molar-refractivity contribution in [1.29, 1.82) is 5.26 Å². The summed E-state index contributed by atoms with van der Waals surface area (Å²) in [6, 6.07) is 72.6. The molecule has 5 heteroatoms. The predicted molar refractivity (Wildman–Crippen MR) is 230 cm³/mol. The molecule has 2 heterocycles. The maximum absolute atomic E-state index is 9.30. The molecule has 0 bridgehead atoms. The summed E-state index contributed by atoms with van der Waals surface area (Å²) in [6.45, 7) is 0. The number of fused-ring (bicyclic) bond motifs is 2. The minimum absolute atomic E-state index is 0.509. The second-order valence-electron chi connectivity index (χ2n) is 14.3. The summed E-state index contributed by atoms with van der Waals surface area (Å²) in [5.74, 6) is 3.09. The molecule has 0 aliphatic carbocycles. The third-order valence-electron chi connectivity index (χ3n) is 11.0. The lowest BCUT2D eigenvalue weighted by Crippen LogP contribution is -2.34. The topological polar surface area (TPSA) is 71.7 Å². The Balaban J connectivity index is 1.17. The highest BCUT2D eigenvalue weighted by atomic mass is 16.5. The molecule has 58 heavy (non-hydrogen) atoms. The molecule has 10 rings (SSSR count). The van der Waals surface area contributed by atoms with E-state index in [9.17, 15) is 5.26 Å². The van der Waals surface area contributed by atoms with Gasteiger partial charge in [0.1, 0.15) is 11.5 Å². The average molecular weight is 743 g/mol. The van der Waals surface area contributed by atoms with E-state index in [0.29, 0.717) is 28.8 Å². The number of rotatable bonds is 7. The quantitative estimate of drug-likeness (QED) is 0.163. The minimum Gasteiger partial charge on any atom is -0.456 e. The van der Waals surface area contributed by atoms with Crippen molar-refractivity contribution in [1.82, 2.24) is 15.0 Å². The average Bonchev–Trinajstić information content (AvgIpc) is 3.31. The van der Waals surface area contributed by atoms with Gasteiger partial charge in [0.25, 0.3) is 0 Å². The van der Waals surface area contributed by atoms with Crippen LogP contribution in [0, 0.1) is 11.3 Å². The number of para-hydroxylation sites is 2. The van der Waals surface area contributed by atoms with Gasteiger partial charge in [0.15, 0.2) is 17.5 Å². The first kappa shape index (κ1) is 34.5. The fourth-order valence-corrected chi connectivity index (χ4v) is 8.15. The number of aromatic nitrogens is 3. The third-order valence-corrected chi connectivity index (χ3v) is 11.0. The van der Waals surface area contributed by atoms with Gasteiger partial charge in [-0.05, 0) is 57.6 Å². The van der Waals surface area contributed by atoms with Gasteiger partial charge in [0, 0.05) is 22.3 Å². The van der Waals surface area contributed by atoms with E-state index in [1.165, 1.54) is 0 Å². The Morgan fingerprint density at radius 1 is 0.379 bits per heavy atom. The zero-order valence-corrected chi connectivity index (χ0v) is 31.3. The summed E-state index contributed by atoms with van der Waals surface area (Å²) in [5.41, 5.74) is 11.1. The van der Waals surface area contributed by atoms with Crippen molar-refractivity contribution in [2.45, 2.75) is 5.41 Å². The Hall–Kier alpha value is -7.94. The van der Waals surface area contributed by atoms with Crippen LogP contribution in [0.15, 0.2) is 206 Å². The maximum atomic E-state index is 9.30. The monoisotopic (exact) mass is 742 g/mol. The van der Waals surface area contributed by atoms with Gasteiger partial charge >= 0.3 is 0 Å². The van der Waals surface area contributed by atoms with Gasteiger partial charge in [-0.1, -0.05) is 182 Å². The van der Waals surface area contributed by atoms with Crippen molar-refractivity contribution >= 4 is 0 Å². The Bertz CT molecular complexity index is 2900. The molecule has 1 aliphatic heterocycles. The smallest absolute Gasteiger partial charge is 0.167 e. The highest BCUT2D eigenvalue weighted by Gasteiger charge is 2.46. The van der Waals surface area contributed by atoms with Gasteiger partial charge in [-0.25, -0.2) is 15.0 Å². The summed E-state index contributed by atoms with van der Waals surface area (Å²) < 4.78 is 6.98. The number of ether oxygens (including phenoxy) is 1. The van der Waals surface area contributed by atoms with Gasteiger partial charge in [0.05, 0.1) is 22.6 Å². The predicted octanol–water partition coefficient (Wildman–Crippen LogP) is 12.6. The second kappa shape index (κ2) is 14.6. The standard InChI is InChI=1S/C53H34N4O/c54-35-36-23-25-38(26-24-36)40-29-33-42(34-30-40)51-55-50(41-31-27-39(28-32-41)37-13-4-1-5-14-37)56-52(57-51)45-19-12-21-47-49(45)58-48-22-11-10-20-46(48)53(47,43-15-6-2-7-16-43)44-17-8-3-9-18-44/h1-34H. The zero-order chi connectivity index (χ0) is 38.9. The zero-order valence-electron chi connectivity index (χ0n) is 31.3. The molecule has 272 valence electrons. The van der Waals surface area contributed by atoms with Crippen LogP contribution in [0.1, 0.15) is 27.8 Å². The van der Waals surface area contributed by atoms with E-state index < -0.39 is 5.41 Å². The Kier molecular flexibility index (Phi) is 8.70. The molecule has 0 unspecified atom stereocenters. The van der Waals surface area contributed by atoms with Crippen molar-refractivity contribution in [3.05, 3.63) is 234 Å². The van der Waals surface area contributed by atoms with E-state index in [2.05, 4.69) is 140 Å². The summed E-state index contributed by atoms with van der Waals surface area (Å²) >= 11 is 0. The first-order chi connectivity index (χ1) is 28.7. The van der Waals surface area contributed by atoms with E-state index in [1.54, 1.807) is 0 Å². The van der Waals surface area contributed by atoms with Crippen LogP contribution >= 0.6 is 0 Å². The Morgan fingerprint density at radius 3 is 1.36 bits per heavy atom. The molecule has 0 amide bonds. The number of hydrogen-bond donors (Lipinski definition) is 0. The molecule has 9 aromatic rings. The molecule has 1 aliphatic rings. The SMILES string of the molecule is N#Cc1ccc(-c2ccc(-c3nc(-c4ccc(-c5ccccc5)cc4)nc(-c4cccc5c4Oc4ccccc4C5(c4ccccc4)c4ccccc4)n3)cc2)cc1. The van der Waals surface area contributed by atoms with Crippen molar-refractivity contribution in [3.8, 4) is 74.0 Å². The molecule has 0 saturated carbocycles. The van der Waals surface area contributed by atoms with Gasteiger partial charge < -0.3 is 4.74 Å². The molecule has 0 radical (unpaired) electrons. The highest BCUT2D eigenvalue weighted by Crippen LogP contribution is 2.57. The molecular formula is C53H34N4O. The van der Waals surface area contributed by atoms with Crippen molar-refractivity contribution < 1.29 is 4.74 Å². The number of benzene rings is 8. The first-order valence-electron chi connectivity index (χ1n) is 19.2. The van der Waals surface area contributed by atoms with E-state index in [-0.39, 0.29) is 0 Å². The fraction of sp³-hybridized carbons (Fsp3) is 0.0189. The van der Waals surface area contributed by atoms with Crippen molar-refractivity contribution in [3.63, 3.8) is 0 Å². The number of nitriles is 1. The molecular weight excluding hydrogens is 709 g/mol. The lowest BCUT2D eigenvalue weighted by Gasteiger charge is -2.42. The second-order valence-corrected chi connectivity index (χ2v) is 14.3. The van der Waals surface area contributed by atoms with Crippen LogP contribution in [0.25, 0.3) is 56.4 Å². The van der Waals surface area contributed by atoms with Gasteiger partial charge in [0.2, 0.25) is 0 Å². The summed E-state index contributed by atoms with van der Waals surface area (Å²) in [4.78, 5) is 15.5. The maximum Gasteiger partial charge on any atom is 0.167 e. The molecule has 0 spiro atoms. The highest BCUT2D eigenvalue weighted by molar-refractivity contribution is 5.79. The van der Waals surface area contributed by atoms with Crippen LogP contribution in [-0.4, -0.2) is 15.0 Å². The van der Waals surface area contributed by atoms with Crippen molar-refractivity contribution in [2.24, 2.45) is 0 Å². The molecule has 0 N–H and O–H groups in total. The van der Waals surface area contributed by atoms with Gasteiger partial charge in [-0.2, -0.15) is 5.26 Å². The molecule has 0 fully saturated rings. The van der Waals surface area contributed by atoms with Crippen LogP contribution in [0.3, 0.4) is 0 Å². The van der Waals surface area contributed by atoms with Crippen LogP contribution < -0.4 is 4.74 Å². The lowest BCUT2D eigenvalue weighted by molar-refractivity contribution is 0.436. The minimum atomic E-state index is -0.685. The Morgan fingerprint density at radius 2 is 0.810 bits per heavy atom. The van der Waals surface area contributed by atoms with Crippen molar-refractivity contribution in [2.75, 3.05) is 0 Å². The molecule has 1 aromatic heterocycles. The van der Waals surface area contributed by atoms with Crippen LogP contribution in [0.5, 0.6) is 11.5 Å². The first-order valence-corrected chi connectivity index (χ1v) is 19.2. The molecule has 0 saturated heterocycles.